The zero-order chi connectivity index (χ0) is 19.4. The summed E-state index contributed by atoms with van der Waals surface area (Å²) in [4.78, 5) is 14.0. The number of carbonyl (C=O) groups excluding carboxylic acids is 1. The van der Waals surface area contributed by atoms with Crippen molar-refractivity contribution >= 4 is 38.7 Å². The molecule has 142 valence electrons. The molecule has 8 heteroatoms. The lowest BCUT2D eigenvalue weighted by Gasteiger charge is -2.22. The minimum atomic E-state index is -3.81. The Morgan fingerprint density at radius 1 is 1.00 bits per heavy atom. The van der Waals surface area contributed by atoms with E-state index in [-0.39, 0.29) is 23.5 Å². The third-order valence-corrected chi connectivity index (χ3v) is 7.79. The van der Waals surface area contributed by atoms with Crippen LogP contribution in [0, 0.1) is 6.92 Å². The van der Waals surface area contributed by atoms with E-state index in [1.165, 1.54) is 40.2 Å². The summed E-state index contributed by atoms with van der Waals surface area (Å²) in [5.74, 6) is -0.549. The van der Waals surface area contributed by atoms with Gasteiger partial charge < -0.3 is 4.74 Å². The largest absolute Gasteiger partial charge is 0.465 e. The topological polar surface area (TPSA) is 63.7 Å². The molecule has 0 aliphatic heterocycles. The van der Waals surface area contributed by atoms with E-state index in [9.17, 15) is 13.2 Å². The van der Waals surface area contributed by atoms with E-state index >= 15 is 0 Å². The third-order valence-electron chi connectivity index (χ3n) is 4.13. The Bertz CT molecular complexity index is 973. The maximum absolute atomic E-state index is 13.5. The van der Waals surface area contributed by atoms with Gasteiger partial charge in [-0.2, -0.15) is 4.31 Å². The van der Waals surface area contributed by atoms with E-state index in [1.54, 1.807) is 19.1 Å². The number of hydrogen-bond donors (Lipinski definition) is 0. The van der Waals surface area contributed by atoms with Crippen LogP contribution in [-0.4, -0.2) is 25.8 Å². The summed E-state index contributed by atoms with van der Waals surface area (Å²) in [5.41, 5.74) is 0.650. The SMILES string of the molecule is COC(=O)c1cccc(S(=O)(=O)N(Cc2cccs2)Cc2cccs2)c1C. The molecule has 0 aliphatic carbocycles. The molecule has 0 unspecified atom stereocenters. The molecule has 0 saturated heterocycles. The van der Waals surface area contributed by atoms with Gasteiger partial charge in [-0.1, -0.05) is 18.2 Å². The molecule has 1 aromatic carbocycles. The van der Waals surface area contributed by atoms with Gasteiger partial charge in [0, 0.05) is 22.8 Å². The smallest absolute Gasteiger partial charge is 0.338 e. The van der Waals surface area contributed by atoms with Gasteiger partial charge in [-0.05, 0) is 47.5 Å². The standard InChI is InChI=1S/C19H19NO4S3/c1-14-17(19(21)24-2)8-3-9-18(14)27(22,23)20(12-15-6-4-10-25-15)13-16-7-5-11-26-16/h3-11H,12-13H2,1-2H3. The van der Waals surface area contributed by atoms with E-state index in [2.05, 4.69) is 0 Å². The molecule has 2 heterocycles. The second kappa shape index (κ2) is 8.35. The molecule has 0 atom stereocenters. The fourth-order valence-electron chi connectivity index (χ4n) is 2.74. The molecule has 0 amide bonds. The molecule has 0 bridgehead atoms. The van der Waals surface area contributed by atoms with Gasteiger partial charge in [-0.3, -0.25) is 0 Å². The molecular weight excluding hydrogens is 402 g/mol. The first-order valence-electron chi connectivity index (χ1n) is 8.16. The van der Waals surface area contributed by atoms with Crippen LogP contribution in [0.15, 0.2) is 58.1 Å². The average Bonchev–Trinajstić information content (AvgIpc) is 3.34. The van der Waals surface area contributed by atoms with Crippen LogP contribution in [0.3, 0.4) is 0 Å². The number of ether oxygens (including phenoxy) is 1. The molecule has 0 N–H and O–H groups in total. The van der Waals surface area contributed by atoms with Gasteiger partial charge >= 0.3 is 5.97 Å². The summed E-state index contributed by atoms with van der Waals surface area (Å²) in [5, 5.41) is 3.85. The van der Waals surface area contributed by atoms with Crippen LogP contribution in [0.4, 0.5) is 0 Å². The maximum atomic E-state index is 13.5. The van der Waals surface area contributed by atoms with Crippen molar-refractivity contribution in [3.63, 3.8) is 0 Å². The van der Waals surface area contributed by atoms with Crippen LogP contribution in [-0.2, 0) is 27.8 Å². The normalized spacial score (nSPS) is 11.7. The van der Waals surface area contributed by atoms with Gasteiger partial charge in [0.25, 0.3) is 0 Å². The predicted octanol–water partition coefficient (Wildman–Crippen LogP) is 4.30. The molecule has 27 heavy (non-hydrogen) atoms. The van der Waals surface area contributed by atoms with Gasteiger partial charge in [-0.15, -0.1) is 22.7 Å². The minimum Gasteiger partial charge on any atom is -0.465 e. The van der Waals surface area contributed by atoms with Crippen molar-refractivity contribution in [3.05, 3.63) is 74.1 Å². The van der Waals surface area contributed by atoms with Crippen molar-refractivity contribution in [1.29, 1.82) is 0 Å². The van der Waals surface area contributed by atoms with Crippen molar-refractivity contribution in [1.82, 2.24) is 4.31 Å². The molecular formula is C19H19NO4S3. The lowest BCUT2D eigenvalue weighted by Crippen LogP contribution is -2.30. The van der Waals surface area contributed by atoms with Crippen molar-refractivity contribution < 1.29 is 17.9 Å². The van der Waals surface area contributed by atoms with E-state index in [4.69, 9.17) is 4.74 Å². The zero-order valence-electron chi connectivity index (χ0n) is 14.9. The highest BCUT2D eigenvalue weighted by atomic mass is 32.2. The minimum absolute atomic E-state index is 0.124. The number of benzene rings is 1. The summed E-state index contributed by atoms with van der Waals surface area (Å²) >= 11 is 3.03. The molecule has 3 aromatic rings. The molecule has 0 saturated carbocycles. The first-order valence-corrected chi connectivity index (χ1v) is 11.4. The Morgan fingerprint density at radius 2 is 1.59 bits per heavy atom. The van der Waals surface area contributed by atoms with Crippen molar-refractivity contribution in [2.24, 2.45) is 0 Å². The lowest BCUT2D eigenvalue weighted by molar-refractivity contribution is 0.0599. The molecule has 5 nitrogen and oxygen atoms in total. The second-order valence-electron chi connectivity index (χ2n) is 5.85. The fourth-order valence-corrected chi connectivity index (χ4v) is 5.99. The Kier molecular flexibility index (Phi) is 6.11. The van der Waals surface area contributed by atoms with E-state index in [0.29, 0.717) is 5.56 Å². The number of nitrogens with zero attached hydrogens (tertiary/aromatic N) is 1. The Morgan fingerprint density at radius 3 is 2.07 bits per heavy atom. The first-order chi connectivity index (χ1) is 12.9. The molecule has 3 rings (SSSR count). The highest BCUT2D eigenvalue weighted by Gasteiger charge is 2.29. The van der Waals surface area contributed by atoms with E-state index < -0.39 is 16.0 Å². The first kappa shape index (κ1) is 19.8. The van der Waals surface area contributed by atoms with Crippen LogP contribution in [0.2, 0.25) is 0 Å². The van der Waals surface area contributed by atoms with Crippen LogP contribution in [0.1, 0.15) is 25.7 Å². The quantitative estimate of drug-likeness (QED) is 0.534. The number of thiophene rings is 2. The summed E-state index contributed by atoms with van der Waals surface area (Å²) in [6, 6.07) is 12.3. The van der Waals surface area contributed by atoms with Gasteiger partial charge in [0.05, 0.1) is 17.6 Å². The zero-order valence-corrected chi connectivity index (χ0v) is 17.4. The van der Waals surface area contributed by atoms with Crippen molar-refractivity contribution in [2.75, 3.05) is 7.11 Å². The number of sulfonamides is 1. The van der Waals surface area contributed by atoms with Crippen LogP contribution < -0.4 is 0 Å². The summed E-state index contributed by atoms with van der Waals surface area (Å²) in [6.07, 6.45) is 0. The number of methoxy groups -OCH3 is 1. The van der Waals surface area contributed by atoms with E-state index in [0.717, 1.165) is 9.75 Å². The highest BCUT2D eigenvalue weighted by molar-refractivity contribution is 7.89. The van der Waals surface area contributed by atoms with E-state index in [1.807, 2.05) is 35.0 Å². The predicted molar refractivity (Wildman–Crippen MR) is 108 cm³/mol. The van der Waals surface area contributed by atoms with Crippen LogP contribution in [0.5, 0.6) is 0 Å². The third kappa shape index (κ3) is 4.30. The fraction of sp³-hybridized carbons (Fsp3) is 0.211. The number of hydrogen-bond acceptors (Lipinski definition) is 6. The average molecular weight is 422 g/mol. The molecule has 0 fully saturated rings. The van der Waals surface area contributed by atoms with Crippen LogP contribution in [0.25, 0.3) is 0 Å². The van der Waals surface area contributed by atoms with Crippen LogP contribution >= 0.6 is 22.7 Å². The molecule has 0 spiro atoms. The second-order valence-corrected chi connectivity index (χ2v) is 9.82. The lowest BCUT2D eigenvalue weighted by atomic mass is 10.1. The summed E-state index contributed by atoms with van der Waals surface area (Å²) in [7, 11) is -2.53. The van der Waals surface area contributed by atoms with Gasteiger partial charge in [0.1, 0.15) is 0 Å². The number of carbonyl (C=O) groups is 1. The van der Waals surface area contributed by atoms with Crippen molar-refractivity contribution in [3.8, 4) is 0 Å². The maximum Gasteiger partial charge on any atom is 0.338 e. The monoisotopic (exact) mass is 421 g/mol. The van der Waals surface area contributed by atoms with Gasteiger partial charge in [-0.25, -0.2) is 13.2 Å². The summed E-state index contributed by atoms with van der Waals surface area (Å²) in [6.45, 7) is 2.19. The Labute approximate surface area is 166 Å². The number of rotatable bonds is 7. The number of esters is 1. The highest BCUT2D eigenvalue weighted by Crippen LogP contribution is 2.27. The van der Waals surface area contributed by atoms with Gasteiger partial charge in [0.2, 0.25) is 10.0 Å². The van der Waals surface area contributed by atoms with Gasteiger partial charge in [0.15, 0.2) is 0 Å². The molecule has 2 aromatic heterocycles. The summed E-state index contributed by atoms with van der Waals surface area (Å²) < 4.78 is 33.1. The Hall–Kier alpha value is -2.00. The molecule has 0 radical (unpaired) electrons. The Balaban J connectivity index is 2.03. The molecule has 0 aliphatic rings. The van der Waals surface area contributed by atoms with Crippen molar-refractivity contribution in [2.45, 2.75) is 24.9 Å².